The van der Waals surface area contributed by atoms with E-state index in [1.807, 2.05) is 6.07 Å². The number of carbonyl (C=O) groups excluding carboxylic acids is 1. The smallest absolute Gasteiger partial charge is 0.275 e. The fourth-order valence-corrected chi connectivity index (χ4v) is 1.62. The molecule has 0 aromatic carbocycles. The van der Waals surface area contributed by atoms with Gasteiger partial charge in [0.15, 0.2) is 11.6 Å². The lowest BCUT2D eigenvalue weighted by Crippen LogP contribution is -2.24. The number of amidine groups is 1. The van der Waals surface area contributed by atoms with E-state index in [1.165, 1.54) is 6.26 Å². The second-order valence-electron chi connectivity index (χ2n) is 3.71. The molecule has 5 heteroatoms. The Morgan fingerprint density at radius 3 is 2.94 bits per heavy atom. The Labute approximate surface area is 103 Å². The van der Waals surface area contributed by atoms with E-state index in [0.717, 1.165) is 5.56 Å². The van der Waals surface area contributed by atoms with Crippen LogP contribution in [0.3, 0.4) is 0 Å². The van der Waals surface area contributed by atoms with Crippen LogP contribution in [0.1, 0.15) is 11.3 Å². The molecule has 1 aliphatic rings. The van der Waals surface area contributed by atoms with Gasteiger partial charge in [-0.15, -0.1) is 0 Å². The van der Waals surface area contributed by atoms with Gasteiger partial charge < -0.3 is 9.73 Å². The predicted octanol–water partition coefficient (Wildman–Crippen LogP) is 1.59. The number of hydrogen-bond acceptors (Lipinski definition) is 4. The van der Waals surface area contributed by atoms with Crippen LogP contribution in [0.5, 0.6) is 0 Å². The molecule has 5 nitrogen and oxygen atoms in total. The summed E-state index contributed by atoms with van der Waals surface area (Å²) in [5.41, 5.74) is 1.17. The van der Waals surface area contributed by atoms with E-state index in [4.69, 9.17) is 4.42 Å². The van der Waals surface area contributed by atoms with E-state index in [0.29, 0.717) is 17.3 Å². The van der Waals surface area contributed by atoms with E-state index in [9.17, 15) is 4.79 Å². The van der Waals surface area contributed by atoms with Gasteiger partial charge in [-0.2, -0.15) is 0 Å². The second kappa shape index (κ2) is 4.29. The Hall–Kier alpha value is -2.69. The topological polar surface area (TPSA) is 67.5 Å². The van der Waals surface area contributed by atoms with Crippen LogP contribution >= 0.6 is 0 Å². The van der Waals surface area contributed by atoms with Gasteiger partial charge in [-0.1, -0.05) is 6.07 Å². The molecule has 0 bridgehead atoms. The first-order valence-corrected chi connectivity index (χ1v) is 5.38. The van der Waals surface area contributed by atoms with Crippen LogP contribution in [0.25, 0.3) is 6.08 Å². The fraction of sp³-hybridized carbons (Fsp3) is 0. The van der Waals surface area contributed by atoms with Gasteiger partial charge in [-0.3, -0.25) is 9.78 Å². The zero-order valence-electron chi connectivity index (χ0n) is 9.33. The summed E-state index contributed by atoms with van der Waals surface area (Å²) in [5.74, 6) is 0.725. The molecular weight excluding hydrogens is 230 g/mol. The Kier molecular flexibility index (Phi) is 2.49. The Morgan fingerprint density at radius 1 is 1.28 bits per heavy atom. The molecule has 1 N–H and O–H groups in total. The molecule has 0 radical (unpaired) electrons. The summed E-state index contributed by atoms with van der Waals surface area (Å²) in [6.07, 6.45) is 6.56. The number of furan rings is 1. The normalized spacial score (nSPS) is 16.8. The van der Waals surface area contributed by atoms with E-state index in [1.54, 1.807) is 36.7 Å². The van der Waals surface area contributed by atoms with Crippen molar-refractivity contribution in [1.82, 2.24) is 10.3 Å². The van der Waals surface area contributed by atoms with Gasteiger partial charge in [0.1, 0.15) is 5.70 Å². The number of nitrogens with one attached hydrogen (secondary N) is 1. The van der Waals surface area contributed by atoms with Crippen molar-refractivity contribution in [3.63, 3.8) is 0 Å². The molecule has 1 amide bonds. The standard InChI is InChI=1S/C13H9N3O2/c17-13-10(7-9-3-1-5-14-8-9)15-12(16-13)11-4-2-6-18-11/h1-8H,(H,15,16,17)/b10-7+. The molecule has 2 aromatic heterocycles. The number of aromatic nitrogens is 1. The molecule has 3 heterocycles. The summed E-state index contributed by atoms with van der Waals surface area (Å²) in [7, 11) is 0. The number of hydrogen-bond donors (Lipinski definition) is 1. The molecule has 0 fully saturated rings. The number of rotatable bonds is 2. The lowest BCUT2D eigenvalue weighted by atomic mass is 10.2. The highest BCUT2D eigenvalue weighted by molar-refractivity contribution is 6.18. The summed E-state index contributed by atoms with van der Waals surface area (Å²) in [6, 6.07) is 7.14. The molecule has 0 aliphatic carbocycles. The minimum atomic E-state index is -0.245. The third kappa shape index (κ3) is 1.93. The first-order chi connectivity index (χ1) is 8.83. The fourth-order valence-electron chi connectivity index (χ4n) is 1.62. The monoisotopic (exact) mass is 239 g/mol. The van der Waals surface area contributed by atoms with Crippen molar-refractivity contribution in [2.75, 3.05) is 0 Å². The van der Waals surface area contributed by atoms with Crippen molar-refractivity contribution >= 4 is 17.8 Å². The molecule has 18 heavy (non-hydrogen) atoms. The molecule has 0 saturated heterocycles. The lowest BCUT2D eigenvalue weighted by Gasteiger charge is -1.93. The average Bonchev–Trinajstić information content (AvgIpc) is 3.01. The van der Waals surface area contributed by atoms with Gasteiger partial charge in [-0.25, -0.2) is 4.99 Å². The third-order valence-corrected chi connectivity index (χ3v) is 2.44. The van der Waals surface area contributed by atoms with Crippen molar-refractivity contribution < 1.29 is 9.21 Å². The van der Waals surface area contributed by atoms with Gasteiger partial charge in [0.05, 0.1) is 6.26 Å². The van der Waals surface area contributed by atoms with Crippen molar-refractivity contribution in [3.05, 3.63) is 59.9 Å². The molecule has 88 valence electrons. The van der Waals surface area contributed by atoms with E-state index in [2.05, 4.69) is 15.3 Å². The molecule has 2 aromatic rings. The summed E-state index contributed by atoms with van der Waals surface area (Å²) in [5, 5.41) is 2.66. The highest BCUT2D eigenvalue weighted by Gasteiger charge is 2.22. The molecule has 3 rings (SSSR count). The van der Waals surface area contributed by atoms with Gasteiger partial charge in [0.25, 0.3) is 5.91 Å². The third-order valence-electron chi connectivity index (χ3n) is 2.44. The quantitative estimate of drug-likeness (QED) is 0.809. The van der Waals surface area contributed by atoms with Gasteiger partial charge in [-0.05, 0) is 29.8 Å². The van der Waals surface area contributed by atoms with Gasteiger partial charge in [0, 0.05) is 12.4 Å². The van der Waals surface area contributed by atoms with E-state index in [-0.39, 0.29) is 5.91 Å². The molecule has 0 atom stereocenters. The first-order valence-electron chi connectivity index (χ1n) is 5.38. The van der Waals surface area contributed by atoms with E-state index < -0.39 is 0 Å². The SMILES string of the molecule is O=C1NC(c2ccco2)=N/C1=C/c1cccnc1. The maximum atomic E-state index is 11.7. The highest BCUT2D eigenvalue weighted by Crippen LogP contribution is 2.14. The summed E-state index contributed by atoms with van der Waals surface area (Å²) in [4.78, 5) is 19.9. The summed E-state index contributed by atoms with van der Waals surface area (Å²) in [6.45, 7) is 0. The maximum Gasteiger partial charge on any atom is 0.275 e. The number of aliphatic imine (C=N–C) groups is 1. The first kappa shape index (κ1) is 10.5. The number of nitrogens with zero attached hydrogens (tertiary/aromatic N) is 2. The summed E-state index contributed by atoms with van der Waals surface area (Å²) >= 11 is 0. The average molecular weight is 239 g/mol. The number of carbonyl (C=O) groups is 1. The van der Waals surface area contributed by atoms with Crippen molar-refractivity contribution in [2.45, 2.75) is 0 Å². The van der Waals surface area contributed by atoms with Crippen molar-refractivity contribution in [2.24, 2.45) is 4.99 Å². The van der Waals surface area contributed by atoms with Crippen molar-refractivity contribution in [3.8, 4) is 0 Å². The number of pyridine rings is 1. The Balaban J connectivity index is 1.94. The molecule has 0 spiro atoms. The highest BCUT2D eigenvalue weighted by atomic mass is 16.3. The van der Waals surface area contributed by atoms with Crippen LogP contribution in [0, 0.1) is 0 Å². The van der Waals surface area contributed by atoms with Crippen LogP contribution in [0.15, 0.2) is 58.0 Å². The van der Waals surface area contributed by atoms with Crippen LogP contribution in [0.2, 0.25) is 0 Å². The molecule has 0 unspecified atom stereocenters. The second-order valence-corrected chi connectivity index (χ2v) is 3.71. The minimum absolute atomic E-state index is 0.245. The largest absolute Gasteiger partial charge is 0.461 e. The zero-order valence-corrected chi connectivity index (χ0v) is 9.33. The van der Waals surface area contributed by atoms with Crippen LogP contribution in [0.4, 0.5) is 0 Å². The van der Waals surface area contributed by atoms with Gasteiger partial charge in [0.2, 0.25) is 0 Å². The molecular formula is C13H9N3O2. The lowest BCUT2D eigenvalue weighted by molar-refractivity contribution is -0.115. The van der Waals surface area contributed by atoms with Crippen molar-refractivity contribution in [1.29, 1.82) is 0 Å². The maximum absolute atomic E-state index is 11.7. The Bertz CT molecular complexity index is 628. The predicted molar refractivity (Wildman–Crippen MR) is 65.6 cm³/mol. The minimum Gasteiger partial charge on any atom is -0.461 e. The molecule has 1 aliphatic heterocycles. The van der Waals surface area contributed by atoms with Crippen LogP contribution in [-0.4, -0.2) is 16.7 Å². The van der Waals surface area contributed by atoms with E-state index >= 15 is 0 Å². The van der Waals surface area contributed by atoms with Gasteiger partial charge >= 0.3 is 0 Å². The molecule has 0 saturated carbocycles. The van der Waals surface area contributed by atoms with Crippen LogP contribution in [-0.2, 0) is 4.79 Å². The summed E-state index contributed by atoms with van der Waals surface area (Å²) < 4.78 is 5.18. The number of amides is 1. The zero-order chi connectivity index (χ0) is 12.4. The van der Waals surface area contributed by atoms with Crippen LogP contribution < -0.4 is 5.32 Å². The Morgan fingerprint density at radius 2 is 2.22 bits per heavy atom.